The van der Waals surface area contributed by atoms with Crippen LogP contribution in [0, 0.1) is 0 Å². The number of benzene rings is 1. The molecular weight excluding hydrogens is 460 g/mol. The Balaban J connectivity index is 1.44. The number of ether oxygens (including phenoxy) is 1. The summed E-state index contributed by atoms with van der Waals surface area (Å²) in [6.45, 7) is 8.49. The van der Waals surface area contributed by atoms with E-state index < -0.39 is 5.60 Å². The minimum atomic E-state index is -1.03. The number of nitrogens with zero attached hydrogens (tertiary/aromatic N) is 5. The van der Waals surface area contributed by atoms with Gasteiger partial charge in [0.2, 0.25) is 0 Å². The number of carbonyl (C=O) groups is 1. The van der Waals surface area contributed by atoms with Gasteiger partial charge < -0.3 is 15.0 Å². The normalized spacial score (nSPS) is 14.1. The molecule has 0 radical (unpaired) electrons. The predicted molar refractivity (Wildman–Crippen MR) is 132 cm³/mol. The van der Waals surface area contributed by atoms with Crippen molar-refractivity contribution in [1.29, 1.82) is 0 Å². The minimum absolute atomic E-state index is 0.205. The van der Waals surface area contributed by atoms with Crippen LogP contribution in [0.15, 0.2) is 35.6 Å². The summed E-state index contributed by atoms with van der Waals surface area (Å²) in [6.07, 6.45) is 4.18. The lowest BCUT2D eigenvalue weighted by Crippen LogP contribution is -2.47. The first-order chi connectivity index (χ1) is 15.9. The molecule has 8 nitrogen and oxygen atoms in total. The first kappa shape index (κ1) is 23.6. The Hall–Kier alpha value is -2.52. The van der Waals surface area contributed by atoms with Crippen LogP contribution in [0.1, 0.15) is 33.6 Å². The summed E-state index contributed by atoms with van der Waals surface area (Å²) >= 11 is 7.55. The lowest BCUT2D eigenvalue weighted by Gasteiger charge is -2.25. The molecule has 0 unspecified atom stereocenters. The van der Waals surface area contributed by atoms with Gasteiger partial charge >= 0.3 is 0 Å². The molecule has 176 valence electrons. The minimum Gasteiger partial charge on any atom is -0.478 e. The highest BCUT2D eigenvalue weighted by atomic mass is 35.5. The molecule has 0 atom stereocenters. The quantitative estimate of drug-likeness (QED) is 0.357. The van der Waals surface area contributed by atoms with E-state index in [4.69, 9.17) is 26.3 Å². The van der Waals surface area contributed by atoms with Crippen molar-refractivity contribution in [2.75, 3.05) is 30.3 Å². The van der Waals surface area contributed by atoms with Crippen LogP contribution in [0.3, 0.4) is 0 Å². The Bertz CT molecular complexity index is 1110. The number of carbonyl (C=O) groups excluding carboxylic acids is 1. The number of halogens is 1. The van der Waals surface area contributed by atoms with Gasteiger partial charge in [-0.05, 0) is 56.7 Å². The van der Waals surface area contributed by atoms with Gasteiger partial charge in [0.15, 0.2) is 16.4 Å². The van der Waals surface area contributed by atoms with Crippen molar-refractivity contribution in [3.8, 4) is 5.75 Å². The Morgan fingerprint density at radius 1 is 1.21 bits per heavy atom. The number of amides is 1. The summed E-state index contributed by atoms with van der Waals surface area (Å²) in [5.41, 5.74) is -0.232. The summed E-state index contributed by atoms with van der Waals surface area (Å²) < 4.78 is 7.71. The number of anilines is 1. The number of fused-ring (bicyclic) bond motifs is 1. The van der Waals surface area contributed by atoms with E-state index in [-0.39, 0.29) is 5.91 Å². The molecule has 1 aliphatic heterocycles. The molecule has 0 bridgehead atoms. The van der Waals surface area contributed by atoms with Gasteiger partial charge in [0.05, 0.1) is 18.1 Å². The first-order valence-electron chi connectivity index (χ1n) is 11.2. The highest BCUT2D eigenvalue weighted by molar-refractivity contribution is 7.99. The molecule has 0 saturated carbocycles. The maximum atomic E-state index is 12.8. The second kappa shape index (κ2) is 10.2. The SMILES string of the molecule is CCSc1nc(N2CCCC2)c2cnn(CCNC(=O)C(C)(C)Oc3ccc(Cl)cc3)c2n1. The first-order valence-corrected chi connectivity index (χ1v) is 12.6. The third-order valence-electron chi connectivity index (χ3n) is 5.48. The van der Waals surface area contributed by atoms with Crippen LogP contribution in [0.25, 0.3) is 11.0 Å². The van der Waals surface area contributed by atoms with E-state index in [1.54, 1.807) is 49.9 Å². The molecule has 0 spiro atoms. The Labute approximate surface area is 203 Å². The molecule has 1 amide bonds. The van der Waals surface area contributed by atoms with Crippen LogP contribution in [0.4, 0.5) is 5.82 Å². The van der Waals surface area contributed by atoms with Crippen LogP contribution in [0.2, 0.25) is 5.02 Å². The lowest BCUT2D eigenvalue weighted by atomic mass is 10.1. The molecule has 2 aromatic heterocycles. The van der Waals surface area contributed by atoms with Crippen molar-refractivity contribution in [3.05, 3.63) is 35.5 Å². The summed E-state index contributed by atoms with van der Waals surface area (Å²) in [5.74, 6) is 2.24. The van der Waals surface area contributed by atoms with Gasteiger partial charge in [0.25, 0.3) is 5.91 Å². The van der Waals surface area contributed by atoms with Crippen LogP contribution in [0.5, 0.6) is 5.75 Å². The molecule has 1 saturated heterocycles. The molecule has 1 aliphatic rings. The summed E-state index contributed by atoms with van der Waals surface area (Å²) in [7, 11) is 0. The monoisotopic (exact) mass is 488 g/mol. The maximum Gasteiger partial charge on any atom is 0.263 e. The van der Waals surface area contributed by atoms with E-state index >= 15 is 0 Å². The topological polar surface area (TPSA) is 85.2 Å². The Morgan fingerprint density at radius 2 is 1.94 bits per heavy atom. The zero-order valence-electron chi connectivity index (χ0n) is 19.2. The van der Waals surface area contributed by atoms with E-state index in [0.29, 0.717) is 23.9 Å². The summed E-state index contributed by atoms with van der Waals surface area (Å²) in [5, 5.41) is 9.84. The van der Waals surface area contributed by atoms with E-state index in [2.05, 4.69) is 22.2 Å². The van der Waals surface area contributed by atoms with Crippen molar-refractivity contribution < 1.29 is 9.53 Å². The van der Waals surface area contributed by atoms with Gasteiger partial charge in [0, 0.05) is 24.7 Å². The van der Waals surface area contributed by atoms with Gasteiger partial charge in [0.1, 0.15) is 11.6 Å². The number of hydrogen-bond donors (Lipinski definition) is 1. The van der Waals surface area contributed by atoms with Gasteiger partial charge in [-0.25, -0.2) is 14.6 Å². The highest BCUT2D eigenvalue weighted by Crippen LogP contribution is 2.29. The largest absolute Gasteiger partial charge is 0.478 e. The van der Waals surface area contributed by atoms with Gasteiger partial charge in [-0.3, -0.25) is 4.79 Å². The number of hydrogen-bond acceptors (Lipinski definition) is 7. The average Bonchev–Trinajstić information content (AvgIpc) is 3.45. The zero-order valence-corrected chi connectivity index (χ0v) is 20.7. The third-order valence-corrected chi connectivity index (χ3v) is 6.46. The molecular formula is C23H29ClN6O2S. The Morgan fingerprint density at radius 3 is 2.64 bits per heavy atom. The number of rotatable bonds is 9. The molecule has 3 heterocycles. The van der Waals surface area contributed by atoms with Gasteiger partial charge in [-0.15, -0.1) is 0 Å². The molecule has 0 aliphatic carbocycles. The predicted octanol–water partition coefficient (Wildman–Crippen LogP) is 4.17. The van der Waals surface area contributed by atoms with Crippen molar-refractivity contribution >= 4 is 46.1 Å². The Kier molecular flexibility index (Phi) is 7.29. The van der Waals surface area contributed by atoms with Crippen molar-refractivity contribution in [2.24, 2.45) is 0 Å². The third kappa shape index (κ3) is 5.52. The summed E-state index contributed by atoms with van der Waals surface area (Å²) in [4.78, 5) is 24.6. The standard InChI is InChI=1S/C23H29ClN6O2S/c1-4-33-22-27-19(29-12-5-6-13-29)18-15-26-30(20(18)28-22)14-11-25-21(31)23(2,3)32-17-9-7-16(24)8-10-17/h7-10,15H,4-6,11-14H2,1-3H3,(H,25,31). The summed E-state index contributed by atoms with van der Waals surface area (Å²) in [6, 6.07) is 6.96. The number of aromatic nitrogens is 4. The molecule has 10 heteroatoms. The maximum absolute atomic E-state index is 12.8. The van der Waals surface area contributed by atoms with Crippen LogP contribution < -0.4 is 15.0 Å². The second-order valence-corrected chi connectivity index (χ2v) is 10.1. The molecule has 1 fully saturated rings. The average molecular weight is 489 g/mol. The van der Waals surface area contributed by atoms with E-state index in [1.807, 2.05) is 10.9 Å². The smallest absolute Gasteiger partial charge is 0.263 e. The van der Waals surface area contributed by atoms with Crippen molar-refractivity contribution in [3.63, 3.8) is 0 Å². The van der Waals surface area contributed by atoms with E-state index in [1.165, 1.54) is 12.8 Å². The van der Waals surface area contributed by atoms with Crippen molar-refractivity contribution in [2.45, 2.75) is 50.9 Å². The number of thioether (sulfide) groups is 1. The fraction of sp³-hybridized carbons (Fsp3) is 0.478. The van der Waals surface area contributed by atoms with Crippen LogP contribution in [-0.4, -0.2) is 56.6 Å². The fourth-order valence-corrected chi connectivity index (χ4v) is 4.47. The van der Waals surface area contributed by atoms with Gasteiger partial charge in [-0.1, -0.05) is 30.3 Å². The lowest BCUT2D eigenvalue weighted by molar-refractivity contribution is -0.134. The van der Waals surface area contributed by atoms with Crippen LogP contribution in [-0.2, 0) is 11.3 Å². The molecule has 4 rings (SSSR count). The van der Waals surface area contributed by atoms with Crippen LogP contribution >= 0.6 is 23.4 Å². The van der Waals surface area contributed by atoms with E-state index in [9.17, 15) is 4.79 Å². The molecule has 33 heavy (non-hydrogen) atoms. The molecule has 3 aromatic rings. The molecule has 1 aromatic carbocycles. The van der Waals surface area contributed by atoms with Crippen molar-refractivity contribution in [1.82, 2.24) is 25.1 Å². The zero-order chi connectivity index (χ0) is 23.4. The highest BCUT2D eigenvalue weighted by Gasteiger charge is 2.29. The number of nitrogens with one attached hydrogen (secondary N) is 1. The molecule has 1 N–H and O–H groups in total. The van der Waals surface area contributed by atoms with Gasteiger partial charge in [-0.2, -0.15) is 5.10 Å². The fourth-order valence-electron chi connectivity index (χ4n) is 3.78. The van der Waals surface area contributed by atoms with E-state index in [0.717, 1.165) is 40.9 Å². The second-order valence-electron chi connectivity index (χ2n) is 8.38.